The van der Waals surface area contributed by atoms with Crippen LogP contribution in [0.25, 0.3) is 0 Å². The van der Waals surface area contributed by atoms with E-state index in [0.29, 0.717) is 13.2 Å². The number of ether oxygens (including phenoxy) is 1. The fourth-order valence-corrected chi connectivity index (χ4v) is 1.49. The van der Waals surface area contributed by atoms with Crippen molar-refractivity contribution in [3.8, 4) is 0 Å². The third kappa shape index (κ3) is 7.66. The van der Waals surface area contributed by atoms with Gasteiger partial charge in [-0.2, -0.15) is 0 Å². The first-order valence-corrected chi connectivity index (χ1v) is 6.45. The van der Waals surface area contributed by atoms with E-state index in [1.165, 1.54) is 0 Å². The summed E-state index contributed by atoms with van der Waals surface area (Å²) in [7, 11) is 1.64. The molecule has 0 saturated heterocycles. The van der Waals surface area contributed by atoms with Crippen molar-refractivity contribution in [3.05, 3.63) is 0 Å². The average molecular weight is 274 g/mol. The quantitative estimate of drug-likeness (QED) is 0.625. The van der Waals surface area contributed by atoms with Gasteiger partial charge in [-0.05, 0) is 17.8 Å². The van der Waals surface area contributed by atoms with Crippen molar-refractivity contribution < 1.29 is 19.4 Å². The highest BCUT2D eigenvalue weighted by Gasteiger charge is 2.24. The highest BCUT2D eigenvalue weighted by Crippen LogP contribution is 2.18. The zero-order chi connectivity index (χ0) is 15.1. The normalized spacial score (nSPS) is 13.2. The number of carbonyl (C=O) groups excluding carboxylic acids is 1. The Morgan fingerprint density at radius 2 is 1.89 bits per heavy atom. The van der Waals surface area contributed by atoms with Crippen molar-refractivity contribution in [2.45, 2.75) is 40.2 Å². The first kappa shape index (κ1) is 17.7. The third-order valence-electron chi connectivity index (χ3n) is 2.93. The topological polar surface area (TPSA) is 87.7 Å². The summed E-state index contributed by atoms with van der Waals surface area (Å²) in [5, 5.41) is 14.1. The fraction of sp³-hybridized carbons (Fsp3) is 0.846. The Morgan fingerprint density at radius 3 is 2.32 bits per heavy atom. The summed E-state index contributed by atoms with van der Waals surface area (Å²) in [6, 6.07) is -1.33. The van der Waals surface area contributed by atoms with Gasteiger partial charge in [-0.1, -0.05) is 27.7 Å². The fourth-order valence-electron chi connectivity index (χ4n) is 1.49. The number of amides is 2. The molecule has 6 nitrogen and oxygen atoms in total. The molecule has 0 aromatic rings. The molecule has 0 bridgehead atoms. The van der Waals surface area contributed by atoms with Crippen LogP contribution in [0.2, 0.25) is 0 Å². The molecular weight excluding hydrogens is 248 g/mol. The van der Waals surface area contributed by atoms with Crippen molar-refractivity contribution in [1.29, 1.82) is 0 Å². The number of carboxylic acid groups (broad SMARTS) is 1. The molecule has 0 radical (unpaired) electrons. The zero-order valence-corrected chi connectivity index (χ0v) is 12.4. The lowest BCUT2D eigenvalue weighted by atomic mass is 9.90. The van der Waals surface area contributed by atoms with E-state index in [4.69, 9.17) is 9.84 Å². The van der Waals surface area contributed by atoms with E-state index in [0.717, 1.165) is 6.42 Å². The number of carbonyl (C=O) groups is 2. The summed E-state index contributed by atoms with van der Waals surface area (Å²) in [4.78, 5) is 22.6. The molecule has 0 aliphatic rings. The lowest BCUT2D eigenvalue weighted by Crippen LogP contribution is -2.50. The second-order valence-corrected chi connectivity index (χ2v) is 5.79. The maximum atomic E-state index is 11.7. The van der Waals surface area contributed by atoms with Crippen LogP contribution in [0.3, 0.4) is 0 Å². The Labute approximate surface area is 114 Å². The third-order valence-corrected chi connectivity index (χ3v) is 2.93. The van der Waals surface area contributed by atoms with Crippen LogP contribution < -0.4 is 10.6 Å². The molecule has 0 aliphatic heterocycles. The molecule has 0 fully saturated rings. The van der Waals surface area contributed by atoms with E-state index in [1.807, 2.05) is 13.8 Å². The van der Waals surface area contributed by atoms with Crippen LogP contribution >= 0.6 is 0 Å². The van der Waals surface area contributed by atoms with Crippen LogP contribution in [0, 0.1) is 11.3 Å². The molecular formula is C13H26N2O4. The van der Waals surface area contributed by atoms with E-state index < -0.39 is 18.0 Å². The number of aliphatic carboxylic acids is 1. The number of nitrogens with one attached hydrogen (secondary N) is 2. The molecule has 0 unspecified atom stereocenters. The van der Waals surface area contributed by atoms with E-state index in [9.17, 15) is 9.59 Å². The number of carboxylic acids is 1. The number of hydrogen-bond acceptors (Lipinski definition) is 3. The van der Waals surface area contributed by atoms with Gasteiger partial charge in [0.05, 0.1) is 0 Å². The first-order chi connectivity index (χ1) is 8.69. The Kier molecular flexibility index (Phi) is 7.44. The van der Waals surface area contributed by atoms with Gasteiger partial charge in [0.2, 0.25) is 0 Å². The second-order valence-electron chi connectivity index (χ2n) is 5.79. The van der Waals surface area contributed by atoms with Crippen LogP contribution in [0.5, 0.6) is 0 Å². The molecule has 0 saturated carbocycles. The van der Waals surface area contributed by atoms with Gasteiger partial charge >= 0.3 is 12.0 Å². The molecule has 0 rings (SSSR count). The summed E-state index contributed by atoms with van der Waals surface area (Å²) in [5.74, 6) is -1.19. The summed E-state index contributed by atoms with van der Waals surface area (Å²) >= 11 is 0. The molecule has 0 aliphatic carbocycles. The minimum atomic E-state index is -1.02. The van der Waals surface area contributed by atoms with E-state index >= 15 is 0 Å². The Hall–Kier alpha value is -1.30. The van der Waals surface area contributed by atoms with Crippen LogP contribution in [0.4, 0.5) is 4.79 Å². The monoisotopic (exact) mass is 274 g/mol. The predicted molar refractivity (Wildman–Crippen MR) is 73.1 cm³/mol. The minimum Gasteiger partial charge on any atom is -0.480 e. The predicted octanol–water partition coefficient (Wildman–Crippen LogP) is 1.46. The standard InChI is InChI=1S/C13H26N2O4/c1-9(2)10(11(16)17)15-12(18)14-8-13(3,4)6-7-19-5/h9-10H,6-8H2,1-5H3,(H,16,17)(H2,14,15,18)/t10-/m1/s1. The zero-order valence-electron chi connectivity index (χ0n) is 12.4. The molecule has 2 amide bonds. The lowest BCUT2D eigenvalue weighted by Gasteiger charge is -2.25. The molecule has 0 spiro atoms. The average Bonchev–Trinajstić information content (AvgIpc) is 2.30. The van der Waals surface area contributed by atoms with Crippen LogP contribution in [-0.4, -0.2) is 43.4 Å². The second kappa shape index (κ2) is 7.99. The van der Waals surface area contributed by atoms with Crippen molar-refractivity contribution in [2.75, 3.05) is 20.3 Å². The number of rotatable bonds is 8. The van der Waals surface area contributed by atoms with E-state index in [-0.39, 0.29) is 11.3 Å². The lowest BCUT2D eigenvalue weighted by molar-refractivity contribution is -0.140. The van der Waals surface area contributed by atoms with Gasteiger partial charge in [0, 0.05) is 20.3 Å². The van der Waals surface area contributed by atoms with Gasteiger partial charge in [-0.25, -0.2) is 9.59 Å². The van der Waals surface area contributed by atoms with Crippen molar-refractivity contribution >= 4 is 12.0 Å². The molecule has 19 heavy (non-hydrogen) atoms. The van der Waals surface area contributed by atoms with Crippen LogP contribution in [0.15, 0.2) is 0 Å². The molecule has 0 aromatic carbocycles. The highest BCUT2D eigenvalue weighted by atomic mass is 16.5. The molecule has 6 heteroatoms. The van der Waals surface area contributed by atoms with Crippen molar-refractivity contribution in [2.24, 2.45) is 11.3 Å². The van der Waals surface area contributed by atoms with Gasteiger partial charge in [0.25, 0.3) is 0 Å². The summed E-state index contributed by atoms with van der Waals surface area (Å²) in [6.07, 6.45) is 0.816. The summed E-state index contributed by atoms with van der Waals surface area (Å²) in [5.41, 5.74) is -0.0934. The molecule has 0 aromatic heterocycles. The van der Waals surface area contributed by atoms with Crippen LogP contribution in [-0.2, 0) is 9.53 Å². The number of methoxy groups -OCH3 is 1. The van der Waals surface area contributed by atoms with Gasteiger partial charge < -0.3 is 20.5 Å². The first-order valence-electron chi connectivity index (χ1n) is 6.45. The largest absolute Gasteiger partial charge is 0.480 e. The van der Waals surface area contributed by atoms with Gasteiger partial charge in [0.15, 0.2) is 0 Å². The Morgan fingerprint density at radius 1 is 1.32 bits per heavy atom. The highest BCUT2D eigenvalue weighted by molar-refractivity contribution is 5.82. The van der Waals surface area contributed by atoms with Crippen molar-refractivity contribution in [3.63, 3.8) is 0 Å². The van der Waals surface area contributed by atoms with Gasteiger partial charge in [-0.3, -0.25) is 0 Å². The van der Waals surface area contributed by atoms with E-state index in [2.05, 4.69) is 10.6 Å². The molecule has 1 atom stereocenters. The van der Waals surface area contributed by atoms with Gasteiger partial charge in [-0.15, -0.1) is 0 Å². The Balaban J connectivity index is 4.20. The number of urea groups is 1. The molecule has 0 heterocycles. The van der Waals surface area contributed by atoms with Crippen LogP contribution in [0.1, 0.15) is 34.1 Å². The SMILES string of the molecule is COCCC(C)(C)CNC(=O)N[C@@H](C(=O)O)C(C)C. The Bertz CT molecular complexity index is 303. The number of hydrogen-bond donors (Lipinski definition) is 3. The maximum Gasteiger partial charge on any atom is 0.326 e. The smallest absolute Gasteiger partial charge is 0.326 e. The van der Waals surface area contributed by atoms with Crippen molar-refractivity contribution in [1.82, 2.24) is 10.6 Å². The maximum absolute atomic E-state index is 11.7. The molecule has 112 valence electrons. The van der Waals surface area contributed by atoms with Gasteiger partial charge in [0.1, 0.15) is 6.04 Å². The summed E-state index contributed by atoms with van der Waals surface area (Å²) in [6.45, 7) is 8.63. The minimum absolute atomic E-state index is 0.0934. The summed E-state index contributed by atoms with van der Waals surface area (Å²) < 4.78 is 5.01. The van der Waals surface area contributed by atoms with E-state index in [1.54, 1.807) is 21.0 Å². The molecule has 3 N–H and O–H groups in total.